The first-order valence-corrected chi connectivity index (χ1v) is 7.20. The van der Waals surface area contributed by atoms with Gasteiger partial charge in [0.1, 0.15) is 23.2 Å². The number of aromatic carboxylic acids is 1. The average Bonchev–Trinajstić information content (AvgIpc) is 3.01. The molecule has 0 saturated heterocycles. The van der Waals surface area contributed by atoms with Crippen LogP contribution in [0.5, 0.6) is 0 Å². The van der Waals surface area contributed by atoms with Crippen molar-refractivity contribution in [3.05, 3.63) is 52.8 Å². The van der Waals surface area contributed by atoms with E-state index in [-0.39, 0.29) is 17.7 Å². The number of ether oxygens (including phenoxy) is 1. The second-order valence-electron chi connectivity index (χ2n) is 4.88. The fourth-order valence-corrected chi connectivity index (χ4v) is 2.20. The van der Waals surface area contributed by atoms with E-state index in [1.807, 2.05) is 0 Å². The third-order valence-corrected chi connectivity index (χ3v) is 3.36. The number of hydrogen-bond donors (Lipinski definition) is 1. The average molecular weight is 325 g/mol. The summed E-state index contributed by atoms with van der Waals surface area (Å²) in [6.45, 7) is 3.51. The van der Waals surface area contributed by atoms with Gasteiger partial charge in [-0.25, -0.2) is 9.59 Å². The number of rotatable bonds is 5. The van der Waals surface area contributed by atoms with E-state index in [0.29, 0.717) is 22.6 Å². The van der Waals surface area contributed by atoms with E-state index in [4.69, 9.17) is 14.4 Å². The van der Waals surface area contributed by atoms with Gasteiger partial charge in [-0.15, -0.1) is 0 Å². The van der Waals surface area contributed by atoms with Crippen molar-refractivity contribution in [2.45, 2.75) is 13.8 Å². The molecule has 2 aromatic rings. The zero-order valence-corrected chi connectivity index (χ0v) is 13.2. The highest BCUT2D eigenvalue weighted by atomic mass is 16.5. The molecule has 0 spiro atoms. The first kappa shape index (κ1) is 17.0. The molecule has 6 heteroatoms. The van der Waals surface area contributed by atoms with Crippen molar-refractivity contribution < 1.29 is 23.8 Å². The van der Waals surface area contributed by atoms with Gasteiger partial charge in [-0.1, -0.05) is 12.1 Å². The van der Waals surface area contributed by atoms with Crippen LogP contribution in [0.25, 0.3) is 17.4 Å². The first-order chi connectivity index (χ1) is 11.5. The number of carbonyl (C=O) groups is 2. The molecule has 6 nitrogen and oxygen atoms in total. The Hall–Kier alpha value is -3.33. The normalized spacial score (nSPS) is 11.0. The summed E-state index contributed by atoms with van der Waals surface area (Å²) >= 11 is 0. The molecule has 1 aromatic carbocycles. The lowest BCUT2D eigenvalue weighted by Gasteiger charge is -2.05. The van der Waals surface area contributed by atoms with Crippen LogP contribution in [0, 0.1) is 18.3 Å². The van der Waals surface area contributed by atoms with E-state index < -0.39 is 11.9 Å². The Labute approximate surface area is 138 Å². The van der Waals surface area contributed by atoms with Crippen LogP contribution in [0.15, 0.2) is 40.3 Å². The van der Waals surface area contributed by atoms with Crippen LogP contribution in [0.1, 0.15) is 28.6 Å². The monoisotopic (exact) mass is 325 g/mol. The number of furan rings is 1. The Morgan fingerprint density at radius 1 is 1.33 bits per heavy atom. The minimum absolute atomic E-state index is 0.169. The van der Waals surface area contributed by atoms with Gasteiger partial charge in [-0.05, 0) is 37.6 Å². The fraction of sp³-hybridized carbons (Fsp3) is 0.167. The Kier molecular flexibility index (Phi) is 5.17. The van der Waals surface area contributed by atoms with Crippen molar-refractivity contribution in [3.8, 4) is 17.4 Å². The maximum Gasteiger partial charge on any atom is 0.349 e. The van der Waals surface area contributed by atoms with Gasteiger partial charge in [0.15, 0.2) is 0 Å². The summed E-state index contributed by atoms with van der Waals surface area (Å²) in [7, 11) is 0. The highest BCUT2D eigenvalue weighted by Crippen LogP contribution is 2.28. The summed E-state index contributed by atoms with van der Waals surface area (Å²) < 4.78 is 10.4. The number of nitriles is 1. The number of carboxylic acid groups (broad SMARTS) is 1. The van der Waals surface area contributed by atoms with Crippen molar-refractivity contribution in [2.75, 3.05) is 6.61 Å². The summed E-state index contributed by atoms with van der Waals surface area (Å²) in [6.07, 6.45) is 1.29. The zero-order chi connectivity index (χ0) is 17.7. The molecule has 0 aliphatic carbocycles. The van der Waals surface area contributed by atoms with Crippen LogP contribution < -0.4 is 0 Å². The number of carboxylic acids is 1. The molecule has 1 aromatic heterocycles. The summed E-state index contributed by atoms with van der Waals surface area (Å²) in [4.78, 5) is 22.8. The van der Waals surface area contributed by atoms with Crippen molar-refractivity contribution in [3.63, 3.8) is 0 Å². The molecule has 0 amide bonds. The topological polar surface area (TPSA) is 101 Å². The van der Waals surface area contributed by atoms with Gasteiger partial charge in [-0.3, -0.25) is 0 Å². The maximum atomic E-state index is 11.6. The molecule has 2 rings (SSSR count). The van der Waals surface area contributed by atoms with Crippen molar-refractivity contribution >= 4 is 18.0 Å². The molecular formula is C18H15NO5. The standard InChI is InChI=1S/C18H15NO5/c1-3-23-18(22)12(10-19)9-13-7-8-16(24-13)14-5-4-6-15(11(14)2)17(20)21/h4-9H,3H2,1-2H3,(H,20,21)/b12-9+. The van der Waals surface area contributed by atoms with E-state index in [2.05, 4.69) is 0 Å². The smallest absolute Gasteiger partial charge is 0.349 e. The lowest BCUT2D eigenvalue weighted by atomic mass is 10.0. The van der Waals surface area contributed by atoms with Crippen LogP contribution in [0.4, 0.5) is 0 Å². The SMILES string of the molecule is CCOC(=O)/C(C#N)=C/c1ccc(-c2cccc(C(=O)O)c2C)o1. The Morgan fingerprint density at radius 3 is 2.71 bits per heavy atom. The van der Waals surface area contributed by atoms with Gasteiger partial charge in [0.25, 0.3) is 0 Å². The Morgan fingerprint density at radius 2 is 2.08 bits per heavy atom. The Bertz CT molecular complexity index is 855. The second kappa shape index (κ2) is 7.29. The molecule has 0 aliphatic rings. The molecule has 0 radical (unpaired) electrons. The third-order valence-electron chi connectivity index (χ3n) is 3.36. The molecule has 0 bridgehead atoms. The molecule has 0 atom stereocenters. The lowest BCUT2D eigenvalue weighted by Crippen LogP contribution is -2.05. The third kappa shape index (κ3) is 3.52. The largest absolute Gasteiger partial charge is 0.478 e. The summed E-state index contributed by atoms with van der Waals surface area (Å²) in [5.41, 5.74) is 1.21. The van der Waals surface area contributed by atoms with E-state index in [0.717, 1.165) is 0 Å². The number of esters is 1. The molecular weight excluding hydrogens is 310 g/mol. The number of nitrogens with zero attached hydrogens (tertiary/aromatic N) is 1. The van der Waals surface area contributed by atoms with Gasteiger partial charge in [-0.2, -0.15) is 5.26 Å². The fourth-order valence-electron chi connectivity index (χ4n) is 2.20. The Balaban J connectivity index is 2.39. The van der Waals surface area contributed by atoms with Crippen LogP contribution in [0.3, 0.4) is 0 Å². The van der Waals surface area contributed by atoms with E-state index in [1.54, 1.807) is 44.2 Å². The van der Waals surface area contributed by atoms with E-state index >= 15 is 0 Å². The maximum absolute atomic E-state index is 11.6. The summed E-state index contributed by atoms with van der Waals surface area (Å²) in [6, 6.07) is 9.90. The van der Waals surface area contributed by atoms with Gasteiger partial charge >= 0.3 is 11.9 Å². The molecule has 0 aliphatic heterocycles. The molecule has 0 fully saturated rings. The van der Waals surface area contributed by atoms with Crippen molar-refractivity contribution in [1.82, 2.24) is 0 Å². The highest BCUT2D eigenvalue weighted by Gasteiger charge is 2.15. The van der Waals surface area contributed by atoms with Gasteiger partial charge in [0, 0.05) is 11.6 Å². The number of hydrogen-bond acceptors (Lipinski definition) is 5. The van der Waals surface area contributed by atoms with Gasteiger partial charge in [0.2, 0.25) is 0 Å². The lowest BCUT2D eigenvalue weighted by molar-refractivity contribution is -0.137. The minimum atomic E-state index is -1.02. The zero-order valence-electron chi connectivity index (χ0n) is 13.2. The molecule has 0 unspecified atom stereocenters. The highest BCUT2D eigenvalue weighted by molar-refractivity contribution is 5.97. The predicted octanol–water partition coefficient (Wildman–Crippen LogP) is 3.42. The molecule has 122 valence electrons. The first-order valence-electron chi connectivity index (χ1n) is 7.20. The molecule has 24 heavy (non-hydrogen) atoms. The van der Waals surface area contributed by atoms with Crippen molar-refractivity contribution in [2.24, 2.45) is 0 Å². The van der Waals surface area contributed by atoms with Crippen molar-refractivity contribution in [1.29, 1.82) is 5.26 Å². The molecule has 0 saturated carbocycles. The quantitative estimate of drug-likeness (QED) is 0.513. The van der Waals surface area contributed by atoms with Crippen LogP contribution in [0.2, 0.25) is 0 Å². The second-order valence-corrected chi connectivity index (χ2v) is 4.88. The summed E-state index contributed by atoms with van der Waals surface area (Å²) in [5, 5.41) is 18.2. The number of carbonyl (C=O) groups excluding carboxylic acids is 1. The van der Waals surface area contributed by atoms with Crippen LogP contribution >= 0.6 is 0 Å². The number of benzene rings is 1. The van der Waals surface area contributed by atoms with Gasteiger partial charge < -0.3 is 14.3 Å². The summed E-state index contributed by atoms with van der Waals surface area (Å²) in [5.74, 6) is -0.991. The van der Waals surface area contributed by atoms with E-state index in [9.17, 15) is 14.7 Å². The minimum Gasteiger partial charge on any atom is -0.478 e. The predicted molar refractivity (Wildman–Crippen MR) is 86.1 cm³/mol. The van der Waals surface area contributed by atoms with Crippen LogP contribution in [-0.4, -0.2) is 23.7 Å². The van der Waals surface area contributed by atoms with Crippen LogP contribution in [-0.2, 0) is 9.53 Å². The van der Waals surface area contributed by atoms with Gasteiger partial charge in [0.05, 0.1) is 12.2 Å². The molecule has 1 heterocycles. The molecule has 1 N–H and O–H groups in total. The van der Waals surface area contributed by atoms with E-state index in [1.165, 1.54) is 12.1 Å².